The molecule has 0 saturated carbocycles. The number of hydrogen-bond donors (Lipinski definition) is 3. The SMILES string of the molecule is C=C(N)Cc1cc2c(cc1-c1cccc(C(=C)N)c1)C(C(=C)NC)=C(c1ccc(F)cc1)C2. The van der Waals surface area contributed by atoms with Gasteiger partial charge in [-0.15, -0.1) is 0 Å². The Bertz CT molecular complexity index is 1310. The molecule has 0 aliphatic heterocycles. The van der Waals surface area contributed by atoms with E-state index in [4.69, 9.17) is 11.5 Å². The Morgan fingerprint density at radius 2 is 1.67 bits per heavy atom. The van der Waals surface area contributed by atoms with E-state index < -0.39 is 0 Å². The van der Waals surface area contributed by atoms with Crippen LogP contribution in [0.2, 0.25) is 0 Å². The van der Waals surface area contributed by atoms with Gasteiger partial charge in [0.2, 0.25) is 0 Å². The molecule has 3 nitrogen and oxygen atoms in total. The second-order valence-electron chi connectivity index (χ2n) is 8.37. The largest absolute Gasteiger partial charge is 0.402 e. The van der Waals surface area contributed by atoms with Gasteiger partial charge in [0.25, 0.3) is 0 Å². The summed E-state index contributed by atoms with van der Waals surface area (Å²) in [6.45, 7) is 12.1. The maximum absolute atomic E-state index is 13.6. The van der Waals surface area contributed by atoms with Gasteiger partial charge in [0, 0.05) is 36.1 Å². The second kappa shape index (κ2) is 8.83. The van der Waals surface area contributed by atoms with Crippen molar-refractivity contribution in [1.82, 2.24) is 5.32 Å². The van der Waals surface area contributed by atoms with Crippen LogP contribution in [0, 0.1) is 5.82 Å². The number of likely N-dealkylation sites (N-methyl/N-ethyl adjacent to an activating group) is 1. The zero-order valence-corrected chi connectivity index (χ0v) is 18.8. The number of allylic oxidation sites excluding steroid dienone is 3. The molecule has 0 radical (unpaired) electrons. The molecule has 4 heteroatoms. The van der Waals surface area contributed by atoms with Crippen LogP contribution in [0.1, 0.15) is 27.8 Å². The minimum Gasteiger partial charge on any atom is -0.402 e. The summed E-state index contributed by atoms with van der Waals surface area (Å²) in [6, 6.07) is 19.0. The molecule has 3 aromatic rings. The molecule has 5 N–H and O–H groups in total. The number of halogens is 1. The standard InChI is InChI=1S/C29H28FN3/c1-17(31)12-23-14-24-15-27(20-8-10-25(30)11-9-20)29(19(3)33-4)28(24)16-26(23)22-7-5-6-21(13-22)18(2)32/h5-11,13-14,16,33H,1-3,12,15,31-32H2,4H3. The fourth-order valence-electron chi connectivity index (χ4n) is 4.43. The molecule has 166 valence electrons. The lowest BCUT2D eigenvalue weighted by atomic mass is 9.90. The van der Waals surface area contributed by atoms with Gasteiger partial charge in [-0.3, -0.25) is 0 Å². The first-order valence-electron chi connectivity index (χ1n) is 10.8. The Labute approximate surface area is 194 Å². The minimum atomic E-state index is -0.253. The van der Waals surface area contributed by atoms with Crippen molar-refractivity contribution in [1.29, 1.82) is 0 Å². The fourth-order valence-corrected chi connectivity index (χ4v) is 4.43. The summed E-state index contributed by atoms with van der Waals surface area (Å²) in [4.78, 5) is 0. The molecule has 0 unspecified atom stereocenters. The highest BCUT2D eigenvalue weighted by atomic mass is 19.1. The number of nitrogens with two attached hydrogens (primary N) is 2. The summed E-state index contributed by atoms with van der Waals surface area (Å²) in [6.07, 6.45) is 1.28. The van der Waals surface area contributed by atoms with Gasteiger partial charge in [0.05, 0.1) is 0 Å². The molecule has 33 heavy (non-hydrogen) atoms. The molecule has 3 aromatic carbocycles. The van der Waals surface area contributed by atoms with E-state index in [0.29, 0.717) is 17.8 Å². The summed E-state index contributed by atoms with van der Waals surface area (Å²) >= 11 is 0. The molecule has 1 aliphatic carbocycles. The molecule has 0 bridgehead atoms. The van der Waals surface area contributed by atoms with Gasteiger partial charge >= 0.3 is 0 Å². The van der Waals surface area contributed by atoms with Crippen molar-refractivity contribution in [3.63, 3.8) is 0 Å². The molecular formula is C29H28FN3. The lowest BCUT2D eigenvalue weighted by Gasteiger charge is -2.17. The monoisotopic (exact) mass is 437 g/mol. The van der Waals surface area contributed by atoms with Gasteiger partial charge < -0.3 is 16.8 Å². The van der Waals surface area contributed by atoms with E-state index >= 15 is 0 Å². The van der Waals surface area contributed by atoms with Gasteiger partial charge in [0.1, 0.15) is 5.82 Å². The number of fused-ring (bicyclic) bond motifs is 1. The summed E-state index contributed by atoms with van der Waals surface area (Å²) < 4.78 is 13.6. The molecule has 0 spiro atoms. The van der Waals surface area contributed by atoms with Crippen LogP contribution >= 0.6 is 0 Å². The normalized spacial score (nSPS) is 12.4. The smallest absolute Gasteiger partial charge is 0.123 e. The van der Waals surface area contributed by atoms with Crippen molar-refractivity contribution in [2.45, 2.75) is 12.8 Å². The zero-order chi connectivity index (χ0) is 23.7. The first-order chi connectivity index (χ1) is 15.8. The van der Waals surface area contributed by atoms with Crippen LogP contribution in [-0.4, -0.2) is 7.05 Å². The van der Waals surface area contributed by atoms with Crippen molar-refractivity contribution in [2.75, 3.05) is 7.05 Å². The summed E-state index contributed by atoms with van der Waals surface area (Å²) in [5, 5.41) is 3.20. The van der Waals surface area contributed by atoms with Crippen molar-refractivity contribution in [3.8, 4) is 11.1 Å². The minimum absolute atomic E-state index is 0.253. The quantitative estimate of drug-likeness (QED) is 0.448. The third kappa shape index (κ3) is 4.33. The number of hydrogen-bond acceptors (Lipinski definition) is 3. The summed E-state index contributed by atoms with van der Waals surface area (Å²) in [5.74, 6) is -0.253. The van der Waals surface area contributed by atoms with Crippen LogP contribution in [0.4, 0.5) is 4.39 Å². The molecule has 0 fully saturated rings. The van der Waals surface area contributed by atoms with E-state index in [1.807, 2.05) is 37.4 Å². The van der Waals surface area contributed by atoms with Gasteiger partial charge in [-0.2, -0.15) is 0 Å². The van der Waals surface area contributed by atoms with Crippen molar-refractivity contribution < 1.29 is 4.39 Å². The van der Waals surface area contributed by atoms with Gasteiger partial charge in [-0.1, -0.05) is 56.1 Å². The van der Waals surface area contributed by atoms with Crippen LogP contribution in [-0.2, 0) is 12.8 Å². The molecule has 0 amide bonds. The summed E-state index contributed by atoms with van der Waals surface area (Å²) in [7, 11) is 1.86. The Balaban J connectivity index is 1.94. The Morgan fingerprint density at radius 1 is 0.939 bits per heavy atom. The number of benzene rings is 3. The van der Waals surface area contributed by atoms with E-state index in [1.54, 1.807) is 0 Å². The van der Waals surface area contributed by atoms with E-state index in [0.717, 1.165) is 56.6 Å². The van der Waals surface area contributed by atoms with Crippen molar-refractivity contribution in [2.24, 2.45) is 11.5 Å². The molecule has 0 aromatic heterocycles. The highest BCUT2D eigenvalue weighted by Gasteiger charge is 2.26. The average Bonchev–Trinajstić information content (AvgIpc) is 3.16. The van der Waals surface area contributed by atoms with Gasteiger partial charge in [-0.25, -0.2) is 4.39 Å². The van der Waals surface area contributed by atoms with Crippen molar-refractivity contribution >= 4 is 16.8 Å². The average molecular weight is 438 g/mol. The zero-order valence-electron chi connectivity index (χ0n) is 18.8. The van der Waals surface area contributed by atoms with Crippen LogP contribution in [0.3, 0.4) is 0 Å². The Hall–Kier alpha value is -4.05. The molecule has 1 aliphatic rings. The van der Waals surface area contributed by atoms with Crippen LogP contribution in [0.5, 0.6) is 0 Å². The lowest BCUT2D eigenvalue weighted by Crippen LogP contribution is -2.07. The van der Waals surface area contributed by atoms with Gasteiger partial charge in [0.15, 0.2) is 0 Å². The van der Waals surface area contributed by atoms with Crippen molar-refractivity contribution in [3.05, 3.63) is 125 Å². The Kier molecular flexibility index (Phi) is 5.93. The van der Waals surface area contributed by atoms with Gasteiger partial charge in [-0.05, 0) is 75.2 Å². The third-order valence-electron chi connectivity index (χ3n) is 6.03. The third-order valence-corrected chi connectivity index (χ3v) is 6.03. The van der Waals surface area contributed by atoms with Crippen LogP contribution in [0.25, 0.3) is 28.0 Å². The molecule has 0 heterocycles. The number of nitrogens with one attached hydrogen (secondary N) is 1. The maximum atomic E-state index is 13.6. The highest BCUT2D eigenvalue weighted by molar-refractivity contribution is 6.04. The number of rotatable bonds is 7. The van der Waals surface area contributed by atoms with E-state index in [2.05, 4.69) is 43.3 Å². The molecule has 0 saturated heterocycles. The molecule has 4 rings (SSSR count). The lowest BCUT2D eigenvalue weighted by molar-refractivity contribution is 0.627. The fraction of sp³-hybridized carbons (Fsp3) is 0.103. The Morgan fingerprint density at radius 3 is 2.30 bits per heavy atom. The molecular weight excluding hydrogens is 409 g/mol. The first-order valence-corrected chi connectivity index (χ1v) is 10.8. The maximum Gasteiger partial charge on any atom is 0.123 e. The summed E-state index contributed by atoms with van der Waals surface area (Å²) in [5.41, 5.74) is 23.4. The van der Waals surface area contributed by atoms with Crippen LogP contribution in [0.15, 0.2) is 91.8 Å². The topological polar surface area (TPSA) is 64.1 Å². The van der Waals surface area contributed by atoms with E-state index in [1.165, 1.54) is 17.7 Å². The second-order valence-corrected chi connectivity index (χ2v) is 8.37. The van der Waals surface area contributed by atoms with E-state index in [9.17, 15) is 4.39 Å². The molecule has 0 atom stereocenters. The van der Waals surface area contributed by atoms with Crippen LogP contribution < -0.4 is 16.8 Å². The first kappa shape index (κ1) is 22.2. The predicted octanol–water partition coefficient (Wildman–Crippen LogP) is 5.64. The highest BCUT2D eigenvalue weighted by Crippen LogP contribution is 2.44. The predicted molar refractivity (Wildman–Crippen MR) is 137 cm³/mol. The van der Waals surface area contributed by atoms with E-state index in [-0.39, 0.29) is 5.82 Å².